The number of aromatic nitrogens is 4. The fraction of sp³-hybridized carbons (Fsp3) is 0.696. The van der Waals surface area contributed by atoms with Gasteiger partial charge in [0.2, 0.25) is 17.7 Å². The van der Waals surface area contributed by atoms with Gasteiger partial charge in [-0.3, -0.25) is 14.4 Å². The van der Waals surface area contributed by atoms with E-state index >= 15 is 0 Å². The number of nitrogens with zero attached hydrogens (tertiary/aromatic N) is 6. The van der Waals surface area contributed by atoms with Crippen molar-refractivity contribution in [3.05, 3.63) is 16.4 Å². The number of fused-ring (bicyclic) bond motifs is 1. The Morgan fingerprint density at radius 1 is 1.34 bits per heavy atom. The van der Waals surface area contributed by atoms with Crippen LogP contribution in [-0.4, -0.2) is 108 Å². The SMILES string of the molecule is C[C@@H](NC(=O)Cc1nnn(C)n1)[C@H]1C(=O)N2C(C(=O)O)=C(S[C@@H]3CN[C@H](C(=O)N4CCC(N)C4)C3)[C@H](C)[C@H]12. The summed E-state index contributed by atoms with van der Waals surface area (Å²) in [6, 6.07) is -1.18. The van der Waals surface area contributed by atoms with E-state index in [1.165, 1.54) is 21.5 Å². The number of carbonyl (C=O) groups excluding carboxylic acids is 3. The molecule has 3 fully saturated rings. The van der Waals surface area contributed by atoms with E-state index in [9.17, 15) is 24.3 Å². The molecule has 7 atom stereocenters. The number of tetrazole rings is 1. The molecule has 0 saturated carbocycles. The Morgan fingerprint density at radius 2 is 2.11 bits per heavy atom. The van der Waals surface area contributed by atoms with Crippen molar-refractivity contribution in [3.63, 3.8) is 0 Å². The number of carboxylic acid groups (broad SMARTS) is 1. The number of aryl methyl sites for hydroxylation is 1. The highest BCUT2D eigenvalue weighted by Gasteiger charge is 2.60. The molecule has 5 rings (SSSR count). The zero-order valence-electron chi connectivity index (χ0n) is 21.5. The van der Waals surface area contributed by atoms with E-state index in [0.717, 1.165) is 6.42 Å². The Morgan fingerprint density at radius 3 is 2.74 bits per heavy atom. The lowest BCUT2D eigenvalue weighted by atomic mass is 9.78. The number of amides is 3. The van der Waals surface area contributed by atoms with Gasteiger partial charge in [0.15, 0.2) is 5.82 Å². The molecule has 0 spiro atoms. The van der Waals surface area contributed by atoms with E-state index in [-0.39, 0.29) is 65.0 Å². The van der Waals surface area contributed by atoms with Crippen molar-refractivity contribution in [2.75, 3.05) is 19.6 Å². The number of nitrogens with one attached hydrogen (secondary N) is 2. The number of carboxylic acids is 1. The summed E-state index contributed by atoms with van der Waals surface area (Å²) in [7, 11) is 1.60. The molecule has 3 saturated heterocycles. The first-order valence-corrected chi connectivity index (χ1v) is 13.7. The first-order valence-electron chi connectivity index (χ1n) is 12.8. The van der Waals surface area contributed by atoms with E-state index in [1.54, 1.807) is 18.9 Å². The minimum absolute atomic E-state index is 0.00381. The molecule has 4 aliphatic rings. The van der Waals surface area contributed by atoms with Gasteiger partial charge in [-0.2, -0.15) is 4.80 Å². The van der Waals surface area contributed by atoms with Crippen LogP contribution in [0.15, 0.2) is 10.6 Å². The number of carbonyl (C=O) groups is 4. The quantitative estimate of drug-likeness (QED) is 0.265. The van der Waals surface area contributed by atoms with Gasteiger partial charge in [-0.15, -0.1) is 22.0 Å². The van der Waals surface area contributed by atoms with Crippen molar-refractivity contribution in [2.24, 2.45) is 24.6 Å². The Labute approximate surface area is 223 Å². The van der Waals surface area contributed by atoms with Gasteiger partial charge in [0.25, 0.3) is 0 Å². The van der Waals surface area contributed by atoms with Crippen molar-refractivity contribution in [1.82, 2.24) is 40.6 Å². The van der Waals surface area contributed by atoms with Gasteiger partial charge in [-0.1, -0.05) is 6.92 Å². The lowest BCUT2D eigenvalue weighted by Crippen LogP contribution is -2.66. The second-order valence-electron chi connectivity index (χ2n) is 10.5. The summed E-state index contributed by atoms with van der Waals surface area (Å²) in [5.74, 6) is -2.26. The highest BCUT2D eigenvalue weighted by atomic mass is 32.2. The molecule has 0 aliphatic carbocycles. The first kappa shape index (κ1) is 26.6. The molecule has 5 N–H and O–H groups in total. The monoisotopic (exact) mass is 547 g/mol. The van der Waals surface area contributed by atoms with Crippen LogP contribution in [0, 0.1) is 11.8 Å². The molecule has 0 radical (unpaired) electrons. The highest BCUT2D eigenvalue weighted by Crippen LogP contribution is 2.51. The molecule has 0 bridgehead atoms. The van der Waals surface area contributed by atoms with Gasteiger partial charge in [0.05, 0.1) is 31.5 Å². The van der Waals surface area contributed by atoms with Gasteiger partial charge in [0.1, 0.15) is 5.70 Å². The number of hydrogen-bond donors (Lipinski definition) is 4. The van der Waals surface area contributed by atoms with E-state index in [2.05, 4.69) is 26.0 Å². The Hall–Kier alpha value is -3.04. The summed E-state index contributed by atoms with van der Waals surface area (Å²) in [6.07, 6.45) is 1.30. The number of β-lactam (4-membered cyclic amide) rings is 1. The van der Waals surface area contributed by atoms with Crippen LogP contribution in [0.2, 0.25) is 0 Å². The fourth-order valence-electron chi connectivity index (χ4n) is 6.00. The number of thioether (sulfide) groups is 1. The third kappa shape index (κ3) is 4.78. The minimum atomic E-state index is -1.15. The Kier molecular flexibility index (Phi) is 7.17. The molecule has 0 aromatic carbocycles. The summed E-state index contributed by atoms with van der Waals surface area (Å²) >= 11 is 1.44. The molecule has 15 heteroatoms. The summed E-state index contributed by atoms with van der Waals surface area (Å²) in [5, 5.41) is 27.7. The van der Waals surface area contributed by atoms with E-state index < -0.39 is 17.9 Å². The van der Waals surface area contributed by atoms with Crippen LogP contribution in [0.4, 0.5) is 0 Å². The van der Waals surface area contributed by atoms with Crippen LogP contribution in [0.25, 0.3) is 0 Å². The standard InChI is InChI=1S/C23H33N9O5S/c1-10-18-17(11(2)26-16(33)7-15-27-29-30(3)28-15)22(35)32(18)19(23(36)37)20(10)38-13-6-14(25-8-13)21(34)31-5-4-12(24)9-31/h10-14,17-18,25H,4-9,24H2,1-3H3,(H,26,33)(H,36,37)/t10-,11-,12?,13+,14+,17-,18-/m1/s1. The van der Waals surface area contributed by atoms with Crippen LogP contribution >= 0.6 is 11.8 Å². The summed E-state index contributed by atoms with van der Waals surface area (Å²) in [6.45, 7) is 5.45. The predicted octanol–water partition coefficient (Wildman–Crippen LogP) is -1.95. The number of rotatable bonds is 8. The minimum Gasteiger partial charge on any atom is -0.477 e. The van der Waals surface area contributed by atoms with E-state index in [0.29, 0.717) is 31.0 Å². The van der Waals surface area contributed by atoms with Gasteiger partial charge in [-0.25, -0.2) is 4.79 Å². The van der Waals surface area contributed by atoms with Crippen molar-refractivity contribution < 1.29 is 24.3 Å². The smallest absolute Gasteiger partial charge is 0.353 e. The predicted molar refractivity (Wildman–Crippen MR) is 135 cm³/mol. The third-order valence-corrected chi connectivity index (χ3v) is 9.32. The molecule has 14 nitrogen and oxygen atoms in total. The van der Waals surface area contributed by atoms with Crippen molar-refractivity contribution in [1.29, 1.82) is 0 Å². The van der Waals surface area contributed by atoms with Crippen LogP contribution in [0.1, 0.15) is 32.5 Å². The highest BCUT2D eigenvalue weighted by molar-refractivity contribution is 8.03. The average Bonchev–Trinajstić information content (AvgIpc) is 3.62. The van der Waals surface area contributed by atoms with Gasteiger partial charge < -0.3 is 31.3 Å². The molecule has 5 heterocycles. The van der Waals surface area contributed by atoms with Crippen molar-refractivity contribution in [2.45, 2.75) is 62.5 Å². The molecule has 3 amide bonds. The normalized spacial score (nSPS) is 31.4. The second-order valence-corrected chi connectivity index (χ2v) is 11.9. The Bertz CT molecular complexity index is 1190. The molecule has 1 aromatic rings. The average molecular weight is 548 g/mol. The maximum absolute atomic E-state index is 13.1. The number of likely N-dealkylation sites (tertiary alicyclic amines) is 1. The van der Waals surface area contributed by atoms with Crippen molar-refractivity contribution >= 4 is 35.5 Å². The molecule has 4 aliphatic heterocycles. The second kappa shape index (κ2) is 10.3. The molecular weight excluding hydrogens is 514 g/mol. The molecular formula is C23H33N9O5S. The van der Waals surface area contributed by atoms with Crippen molar-refractivity contribution in [3.8, 4) is 0 Å². The number of aliphatic carboxylic acids is 1. The molecule has 1 unspecified atom stereocenters. The maximum Gasteiger partial charge on any atom is 0.353 e. The van der Waals surface area contributed by atoms with Crippen LogP contribution in [0.5, 0.6) is 0 Å². The zero-order valence-corrected chi connectivity index (χ0v) is 22.3. The van der Waals surface area contributed by atoms with Gasteiger partial charge >= 0.3 is 5.97 Å². The molecule has 1 aromatic heterocycles. The van der Waals surface area contributed by atoms with E-state index in [1.807, 2.05) is 6.92 Å². The number of nitrogens with two attached hydrogens (primary N) is 1. The fourth-order valence-corrected chi connectivity index (χ4v) is 7.48. The summed E-state index contributed by atoms with van der Waals surface area (Å²) in [5.41, 5.74) is 5.96. The Balaban J connectivity index is 1.23. The van der Waals surface area contributed by atoms with Gasteiger partial charge in [-0.05, 0) is 25.0 Å². The lowest BCUT2D eigenvalue weighted by Gasteiger charge is -2.47. The topological polar surface area (TPSA) is 189 Å². The van der Waals surface area contributed by atoms with Crippen LogP contribution < -0.4 is 16.4 Å². The molecule has 206 valence electrons. The first-order chi connectivity index (χ1) is 18.0. The summed E-state index contributed by atoms with van der Waals surface area (Å²) < 4.78 is 0. The van der Waals surface area contributed by atoms with Crippen LogP contribution in [-0.2, 0) is 32.6 Å². The lowest BCUT2D eigenvalue weighted by molar-refractivity contribution is -0.158. The zero-order chi connectivity index (χ0) is 27.3. The largest absolute Gasteiger partial charge is 0.477 e. The number of hydrogen-bond acceptors (Lipinski definition) is 10. The van der Waals surface area contributed by atoms with Crippen LogP contribution in [0.3, 0.4) is 0 Å². The third-order valence-electron chi connectivity index (χ3n) is 7.81. The maximum atomic E-state index is 13.1. The van der Waals surface area contributed by atoms with E-state index in [4.69, 9.17) is 5.73 Å². The van der Waals surface area contributed by atoms with Gasteiger partial charge in [0, 0.05) is 47.8 Å². The summed E-state index contributed by atoms with van der Waals surface area (Å²) in [4.78, 5) is 55.9. The molecule has 38 heavy (non-hydrogen) atoms.